The summed E-state index contributed by atoms with van der Waals surface area (Å²) >= 11 is 3.64. The van der Waals surface area contributed by atoms with Crippen molar-refractivity contribution >= 4 is 38.2 Å². The first kappa shape index (κ1) is 26.1. The summed E-state index contributed by atoms with van der Waals surface area (Å²) in [5, 5.41) is 35.5. The van der Waals surface area contributed by atoms with Crippen LogP contribution < -0.4 is 10.6 Å². The molecule has 0 radical (unpaired) electrons. The lowest BCUT2D eigenvalue weighted by Crippen LogP contribution is -2.14. The summed E-state index contributed by atoms with van der Waals surface area (Å²) in [4.78, 5) is 4.54. The van der Waals surface area contributed by atoms with Crippen LogP contribution in [0.4, 0.5) is 15.8 Å². The third kappa shape index (κ3) is 5.81. The van der Waals surface area contributed by atoms with Gasteiger partial charge in [0.25, 0.3) is 0 Å². The average Bonchev–Trinajstić information content (AvgIpc) is 3.75. The number of halogens is 2. The molecule has 1 aliphatic rings. The molecule has 6 rings (SSSR count). The van der Waals surface area contributed by atoms with E-state index in [9.17, 15) is 16.3 Å². The Labute approximate surface area is 252 Å². The fourth-order valence-corrected chi connectivity index (χ4v) is 5.48. The molecule has 0 spiro atoms. The number of rotatable bonds is 10. The van der Waals surface area contributed by atoms with E-state index in [0.717, 1.165) is 18.4 Å². The number of hydrogen-bond donors (Lipinski definition) is 2. The lowest BCUT2D eigenvalue weighted by Gasteiger charge is -2.23. The molecule has 2 heterocycles. The third-order valence-electron chi connectivity index (χ3n) is 7.20. The number of anilines is 2. The topological polar surface area (TPSA) is 115 Å². The Kier molecular flexibility index (Phi) is 7.45. The van der Waals surface area contributed by atoms with Gasteiger partial charge < -0.3 is 10.6 Å². The van der Waals surface area contributed by atoms with Gasteiger partial charge in [0.2, 0.25) is 0 Å². The number of nitrogens with one attached hydrogen (secondary N) is 2. The summed E-state index contributed by atoms with van der Waals surface area (Å²) in [6, 6.07) is 22.1. The Morgan fingerprint density at radius 3 is 2.57 bits per heavy atom. The number of nitriles is 2. The van der Waals surface area contributed by atoms with Gasteiger partial charge in [-0.15, -0.1) is 5.10 Å². The predicted molar refractivity (Wildman–Crippen MR) is 162 cm³/mol. The van der Waals surface area contributed by atoms with Crippen molar-refractivity contribution in [3.8, 4) is 12.1 Å². The van der Waals surface area contributed by atoms with Crippen LogP contribution >= 0.6 is 15.9 Å². The van der Waals surface area contributed by atoms with Gasteiger partial charge in [0.15, 0.2) is 0 Å². The fraction of sp³-hybridized carbons (Fsp3) is 0.219. The molecule has 1 fully saturated rings. The number of benzene rings is 3. The molecule has 3 aromatic carbocycles. The van der Waals surface area contributed by atoms with Gasteiger partial charge in [-0.2, -0.15) is 10.5 Å². The van der Waals surface area contributed by atoms with Crippen LogP contribution in [0.1, 0.15) is 67.5 Å². The Morgan fingerprint density at radius 2 is 1.86 bits per heavy atom. The Balaban J connectivity index is 1.45. The lowest BCUT2D eigenvalue weighted by atomic mass is 10.00. The minimum Gasteiger partial charge on any atom is -0.377 e. The number of fused-ring (bicyclic) bond motifs is 1. The van der Waals surface area contributed by atoms with Gasteiger partial charge in [0.1, 0.15) is 17.6 Å². The molecule has 0 unspecified atom stereocenters. The van der Waals surface area contributed by atoms with Crippen LogP contribution in [0.2, 0.25) is 0 Å². The second kappa shape index (κ2) is 12.0. The molecule has 8 nitrogen and oxygen atoms in total. The number of nitrogens with zero attached hydrogens (tertiary/aromatic N) is 6. The van der Waals surface area contributed by atoms with E-state index in [4.69, 9.17) is 0 Å². The van der Waals surface area contributed by atoms with E-state index >= 15 is 0 Å². The van der Waals surface area contributed by atoms with E-state index in [1.807, 2.05) is 42.5 Å². The second-order valence-electron chi connectivity index (χ2n) is 10.1. The molecule has 0 saturated heterocycles. The van der Waals surface area contributed by atoms with Crippen LogP contribution in [-0.4, -0.2) is 20.0 Å². The maximum absolute atomic E-state index is 13.9. The Hall–Kier alpha value is -4.80. The van der Waals surface area contributed by atoms with Crippen LogP contribution in [-0.2, 0) is 0 Å². The van der Waals surface area contributed by atoms with Crippen LogP contribution in [0, 0.1) is 28.5 Å². The molecule has 1 aliphatic carbocycles. The van der Waals surface area contributed by atoms with E-state index in [1.54, 1.807) is 23.0 Å². The molecule has 2 aromatic heterocycles. The van der Waals surface area contributed by atoms with Gasteiger partial charge in [-0.1, -0.05) is 47.7 Å². The van der Waals surface area contributed by atoms with Gasteiger partial charge >= 0.3 is 0 Å². The molecular weight excluding hydrogens is 595 g/mol. The van der Waals surface area contributed by atoms with Crippen molar-refractivity contribution in [2.24, 2.45) is 0 Å². The minimum atomic E-state index is -1.61. The molecule has 2 atom stereocenters. The molecular formula is C32H26BrFN8. The smallest absolute Gasteiger partial charge is 0.123 e. The quantitative estimate of drug-likeness (QED) is 0.165. The highest BCUT2D eigenvalue weighted by Crippen LogP contribution is 2.38. The zero-order valence-corrected chi connectivity index (χ0v) is 24.0. The maximum atomic E-state index is 13.9. The second-order valence-corrected chi connectivity index (χ2v) is 11.0. The zero-order chi connectivity index (χ0) is 30.0. The summed E-state index contributed by atoms with van der Waals surface area (Å²) in [6.07, 6.45) is 6.17. The predicted octanol–water partition coefficient (Wildman–Crippen LogP) is 7.59. The highest BCUT2D eigenvalue weighted by Gasteiger charge is 2.27. The van der Waals surface area contributed by atoms with Crippen LogP contribution in [0.25, 0.3) is 10.9 Å². The molecule has 0 aliphatic heterocycles. The van der Waals surface area contributed by atoms with Crippen molar-refractivity contribution in [1.82, 2.24) is 20.0 Å². The highest BCUT2D eigenvalue weighted by molar-refractivity contribution is 9.10. The van der Waals surface area contributed by atoms with E-state index < -0.39 is 11.8 Å². The summed E-state index contributed by atoms with van der Waals surface area (Å²) in [5.41, 5.74) is 3.92. The zero-order valence-electron chi connectivity index (χ0n) is 23.4. The largest absolute Gasteiger partial charge is 0.377 e. The number of aromatic nitrogens is 4. The Morgan fingerprint density at radius 1 is 1.07 bits per heavy atom. The standard InChI is InChI=1S/C32H26BrFN8/c33-27-16-24(38-31(21-8-10-23(34)11-9-21)29-19-42(41-40-29)25-12-13-25)15-26-30(22(17-36)18-37-32(26)27)39-28(7-4-14-35)20-5-2-1-3-6-20/h1-3,5-6,8-11,15-16,18-19,25,28,31,38H,4,7,12-13H2,(H,37,39)/t28-,31+/m1/s1/i31D. The van der Waals surface area contributed by atoms with Crippen LogP contribution in [0.3, 0.4) is 0 Å². The Bertz CT molecular complexity index is 1860. The highest BCUT2D eigenvalue weighted by atomic mass is 79.9. The van der Waals surface area contributed by atoms with E-state index in [1.165, 1.54) is 18.3 Å². The number of pyridine rings is 1. The first-order valence-corrected chi connectivity index (χ1v) is 14.4. The summed E-state index contributed by atoms with van der Waals surface area (Å²) in [7, 11) is 0. The molecule has 208 valence electrons. The van der Waals surface area contributed by atoms with Crippen molar-refractivity contribution in [1.29, 1.82) is 10.5 Å². The molecule has 10 heteroatoms. The normalized spacial score (nSPS) is 15.2. The molecule has 5 aromatic rings. The summed E-state index contributed by atoms with van der Waals surface area (Å²) in [5.74, 6) is -0.406. The monoisotopic (exact) mass is 621 g/mol. The molecule has 0 bridgehead atoms. The van der Waals surface area contributed by atoms with Crippen LogP contribution in [0.15, 0.2) is 83.6 Å². The van der Waals surface area contributed by atoms with E-state index in [-0.39, 0.29) is 12.1 Å². The van der Waals surface area contributed by atoms with Gasteiger partial charge in [0, 0.05) is 28.2 Å². The first-order valence-electron chi connectivity index (χ1n) is 14.1. The maximum Gasteiger partial charge on any atom is 0.123 e. The van der Waals surface area contributed by atoms with Crippen molar-refractivity contribution in [2.75, 3.05) is 10.6 Å². The molecule has 42 heavy (non-hydrogen) atoms. The van der Waals surface area contributed by atoms with Crippen molar-refractivity contribution < 1.29 is 5.76 Å². The van der Waals surface area contributed by atoms with Gasteiger partial charge in [-0.05, 0) is 70.6 Å². The van der Waals surface area contributed by atoms with Gasteiger partial charge in [-0.3, -0.25) is 4.98 Å². The van der Waals surface area contributed by atoms with Crippen molar-refractivity contribution in [2.45, 2.75) is 43.8 Å². The van der Waals surface area contributed by atoms with Crippen LogP contribution in [0.5, 0.6) is 0 Å². The summed E-state index contributed by atoms with van der Waals surface area (Å²) < 4.78 is 25.9. The lowest BCUT2D eigenvalue weighted by molar-refractivity contribution is 0.610. The average molecular weight is 623 g/mol. The third-order valence-corrected chi connectivity index (χ3v) is 7.80. The first-order chi connectivity index (χ1) is 20.9. The van der Waals surface area contributed by atoms with Gasteiger partial charge in [0.05, 0.1) is 48.5 Å². The van der Waals surface area contributed by atoms with Crippen molar-refractivity contribution in [3.63, 3.8) is 0 Å². The summed E-state index contributed by atoms with van der Waals surface area (Å²) in [6.45, 7) is 0. The SMILES string of the molecule is [2H][C@](Nc1cc(Br)c2ncc(C#N)c(N[C@H](CCC#N)c3ccccc3)c2c1)(c1ccc(F)cc1)c1cn(C2CC2)nn1. The van der Waals surface area contributed by atoms with Gasteiger partial charge in [-0.25, -0.2) is 9.07 Å². The van der Waals surface area contributed by atoms with E-state index in [2.05, 4.69) is 54.0 Å². The molecule has 0 amide bonds. The minimum absolute atomic E-state index is 0.235. The fourth-order valence-electron chi connectivity index (χ4n) is 4.92. The molecule has 1 saturated carbocycles. The molecule has 2 N–H and O–H groups in total. The number of hydrogen-bond acceptors (Lipinski definition) is 7. The van der Waals surface area contributed by atoms with Crippen molar-refractivity contribution in [3.05, 3.63) is 112 Å². The van der Waals surface area contributed by atoms with E-state index in [0.29, 0.717) is 56.4 Å².